The van der Waals surface area contributed by atoms with Gasteiger partial charge in [0, 0.05) is 27.3 Å². The summed E-state index contributed by atoms with van der Waals surface area (Å²) in [7, 11) is 0. The molecular weight excluding hydrogens is 661 g/mol. The third-order valence-corrected chi connectivity index (χ3v) is 11.3. The van der Waals surface area contributed by atoms with Gasteiger partial charge in [0.15, 0.2) is 5.76 Å². The highest BCUT2D eigenvalue weighted by Crippen LogP contribution is 2.43. The number of rotatable bonds is 3. The van der Waals surface area contributed by atoms with E-state index in [1.165, 1.54) is 37.7 Å². The van der Waals surface area contributed by atoms with E-state index in [1.807, 2.05) is 12.1 Å². The smallest absolute Gasteiger partial charge is 0.177 e. The number of hydrogen-bond donors (Lipinski definition) is 1. The van der Waals surface area contributed by atoms with Crippen molar-refractivity contribution in [3.63, 3.8) is 0 Å². The second-order valence-corrected chi connectivity index (χ2v) is 14.3. The van der Waals surface area contributed by atoms with Gasteiger partial charge < -0.3 is 14.2 Å². The molecule has 1 aliphatic rings. The van der Waals surface area contributed by atoms with Gasteiger partial charge in [-0.05, 0) is 96.7 Å². The van der Waals surface area contributed by atoms with Gasteiger partial charge in [-0.1, -0.05) is 127 Å². The first-order valence-electron chi connectivity index (χ1n) is 18.4. The maximum Gasteiger partial charge on any atom is 0.177 e. The number of para-hydroxylation sites is 1. The molecule has 0 saturated heterocycles. The van der Waals surface area contributed by atoms with E-state index in [-0.39, 0.29) is 6.17 Å². The van der Waals surface area contributed by atoms with E-state index in [9.17, 15) is 0 Å². The molecule has 9 aromatic carbocycles. The maximum absolute atomic E-state index is 6.59. The summed E-state index contributed by atoms with van der Waals surface area (Å²) in [6.07, 6.45) is -0.378. The van der Waals surface area contributed by atoms with Crippen LogP contribution in [0.3, 0.4) is 0 Å². The predicted octanol–water partition coefficient (Wildman–Crippen LogP) is 13.6. The van der Waals surface area contributed by atoms with Crippen molar-refractivity contribution in [1.82, 2.24) is 0 Å². The van der Waals surface area contributed by atoms with E-state index < -0.39 is 0 Å². The van der Waals surface area contributed by atoms with Gasteiger partial charge in [0.25, 0.3) is 0 Å². The first kappa shape index (κ1) is 29.4. The van der Waals surface area contributed by atoms with E-state index in [0.29, 0.717) is 0 Å². The standard InChI is InChI=1S/C50H30N2O2/c1-2-10-31-26-32(17-16-29(31)8-1)33-19-25-40-45(28-33)53-44-15-7-13-42(46(40)44)50-51-47(49-48(52-50)41-12-5-6-14-43(41)54-49)35-21-22-37-34(27-35)20-24-38-36-11-4-3-9-30(36)18-23-39(37)38/h1-28,50,52H. The van der Waals surface area contributed by atoms with Crippen LogP contribution in [0.5, 0.6) is 0 Å². The van der Waals surface area contributed by atoms with Crippen molar-refractivity contribution < 1.29 is 8.83 Å². The molecule has 0 amide bonds. The fourth-order valence-corrected chi connectivity index (χ4v) is 8.67. The van der Waals surface area contributed by atoms with Crippen LogP contribution in [0, 0.1) is 0 Å². The molecular formula is C50H30N2O2. The monoisotopic (exact) mass is 690 g/mol. The molecule has 1 unspecified atom stereocenters. The summed E-state index contributed by atoms with van der Waals surface area (Å²) in [4.78, 5) is 5.47. The van der Waals surface area contributed by atoms with E-state index in [0.717, 1.165) is 77.7 Å². The summed E-state index contributed by atoms with van der Waals surface area (Å²) in [6, 6.07) is 60.4. The quantitative estimate of drug-likeness (QED) is 0.188. The molecule has 0 bridgehead atoms. The molecule has 3 heterocycles. The van der Waals surface area contributed by atoms with Crippen molar-refractivity contribution in [2.75, 3.05) is 5.32 Å². The minimum Gasteiger partial charge on any atom is -0.456 e. The third kappa shape index (κ3) is 4.34. The zero-order valence-corrected chi connectivity index (χ0v) is 29.0. The minimum absolute atomic E-state index is 0.378. The van der Waals surface area contributed by atoms with Crippen molar-refractivity contribution >= 4 is 87.4 Å². The van der Waals surface area contributed by atoms with E-state index >= 15 is 0 Å². The lowest BCUT2D eigenvalue weighted by Crippen LogP contribution is -2.19. The highest BCUT2D eigenvalue weighted by molar-refractivity contribution is 6.22. The first-order chi connectivity index (χ1) is 26.7. The molecule has 12 rings (SSSR count). The van der Waals surface area contributed by atoms with Gasteiger partial charge in [-0.25, -0.2) is 0 Å². The van der Waals surface area contributed by atoms with Gasteiger partial charge in [0.2, 0.25) is 0 Å². The topological polar surface area (TPSA) is 50.7 Å². The first-order valence-corrected chi connectivity index (χ1v) is 18.4. The molecule has 0 saturated carbocycles. The lowest BCUT2D eigenvalue weighted by Gasteiger charge is -2.24. The lowest BCUT2D eigenvalue weighted by atomic mass is 9.94. The highest BCUT2D eigenvalue weighted by Gasteiger charge is 2.30. The predicted molar refractivity (Wildman–Crippen MR) is 224 cm³/mol. The van der Waals surface area contributed by atoms with Gasteiger partial charge in [0.1, 0.15) is 28.6 Å². The Labute approximate surface area is 309 Å². The summed E-state index contributed by atoms with van der Waals surface area (Å²) >= 11 is 0. The van der Waals surface area contributed by atoms with E-state index in [1.54, 1.807) is 0 Å². The Morgan fingerprint density at radius 2 is 1.04 bits per heavy atom. The molecule has 0 radical (unpaired) electrons. The summed E-state index contributed by atoms with van der Waals surface area (Å²) in [5.41, 5.74) is 8.65. The summed E-state index contributed by atoms with van der Waals surface area (Å²) in [5, 5.41) is 16.8. The van der Waals surface area contributed by atoms with E-state index in [4.69, 9.17) is 13.8 Å². The Morgan fingerprint density at radius 1 is 0.407 bits per heavy atom. The number of benzene rings is 9. The van der Waals surface area contributed by atoms with Crippen molar-refractivity contribution in [3.05, 3.63) is 187 Å². The fourth-order valence-electron chi connectivity index (χ4n) is 8.67. The minimum atomic E-state index is -0.378. The Kier molecular flexibility index (Phi) is 6.08. The number of nitrogens with one attached hydrogen (secondary N) is 1. The molecule has 252 valence electrons. The Hall–Kier alpha value is -7.17. The summed E-state index contributed by atoms with van der Waals surface area (Å²) < 4.78 is 13.2. The Balaban J connectivity index is 1.02. The fraction of sp³-hybridized carbons (Fsp3) is 0.0200. The second kappa shape index (κ2) is 11.2. The van der Waals surface area contributed by atoms with E-state index in [2.05, 4.69) is 163 Å². The van der Waals surface area contributed by atoms with Crippen LogP contribution in [0.4, 0.5) is 5.69 Å². The zero-order valence-electron chi connectivity index (χ0n) is 29.0. The molecule has 0 spiro atoms. The molecule has 0 fully saturated rings. The second-order valence-electron chi connectivity index (χ2n) is 14.3. The van der Waals surface area contributed by atoms with Crippen LogP contribution in [-0.2, 0) is 0 Å². The van der Waals surface area contributed by atoms with Gasteiger partial charge in [0.05, 0.1) is 5.69 Å². The van der Waals surface area contributed by atoms with Gasteiger partial charge >= 0.3 is 0 Å². The Morgan fingerprint density at radius 3 is 1.94 bits per heavy atom. The summed E-state index contributed by atoms with van der Waals surface area (Å²) in [5.74, 6) is 0.753. The van der Waals surface area contributed by atoms with Crippen LogP contribution >= 0.6 is 0 Å². The van der Waals surface area contributed by atoms with Gasteiger partial charge in [-0.15, -0.1) is 0 Å². The number of furan rings is 2. The molecule has 1 aliphatic heterocycles. The average molecular weight is 691 g/mol. The van der Waals surface area contributed by atoms with Crippen LogP contribution in [-0.4, -0.2) is 5.71 Å². The number of aliphatic imine (C=N–C) groups is 1. The molecule has 4 heteroatoms. The SMILES string of the molecule is c1ccc2cc(-c3ccc4c(c3)oc3cccc(C5N=C(c6ccc7c(ccc8c9ccccc9ccc78)c6)c6oc7ccccc7c6N5)c34)ccc2c1. The molecule has 1 atom stereocenters. The normalized spacial score (nSPS) is 14.4. The van der Waals surface area contributed by atoms with Crippen molar-refractivity contribution in [2.45, 2.75) is 6.17 Å². The molecule has 11 aromatic rings. The zero-order chi connectivity index (χ0) is 35.3. The maximum atomic E-state index is 6.59. The van der Waals surface area contributed by atoms with Gasteiger partial charge in [-0.3, -0.25) is 4.99 Å². The largest absolute Gasteiger partial charge is 0.456 e. The van der Waals surface area contributed by atoms with Crippen LogP contribution < -0.4 is 5.32 Å². The number of nitrogens with zero attached hydrogens (tertiary/aromatic N) is 1. The van der Waals surface area contributed by atoms with Crippen LogP contribution in [0.2, 0.25) is 0 Å². The van der Waals surface area contributed by atoms with Crippen molar-refractivity contribution in [2.24, 2.45) is 4.99 Å². The van der Waals surface area contributed by atoms with Crippen molar-refractivity contribution in [1.29, 1.82) is 0 Å². The van der Waals surface area contributed by atoms with Gasteiger partial charge in [-0.2, -0.15) is 0 Å². The average Bonchev–Trinajstić information content (AvgIpc) is 3.81. The van der Waals surface area contributed by atoms with Crippen LogP contribution in [0.15, 0.2) is 184 Å². The highest BCUT2D eigenvalue weighted by atomic mass is 16.3. The third-order valence-electron chi connectivity index (χ3n) is 11.3. The summed E-state index contributed by atoms with van der Waals surface area (Å²) in [6.45, 7) is 0. The molecule has 0 aliphatic carbocycles. The number of fused-ring (bicyclic) bond motifs is 12. The Bertz CT molecular complexity index is 3380. The molecule has 2 aromatic heterocycles. The number of anilines is 1. The van der Waals surface area contributed by atoms with Crippen LogP contribution in [0.25, 0.3) is 87.1 Å². The molecule has 1 N–H and O–H groups in total. The molecule has 54 heavy (non-hydrogen) atoms. The van der Waals surface area contributed by atoms with Crippen LogP contribution in [0.1, 0.15) is 23.1 Å². The van der Waals surface area contributed by atoms with Crippen molar-refractivity contribution in [3.8, 4) is 11.1 Å². The molecule has 4 nitrogen and oxygen atoms in total. The lowest BCUT2D eigenvalue weighted by molar-refractivity contribution is 0.599. The number of hydrogen-bond acceptors (Lipinski definition) is 4.